The van der Waals surface area contributed by atoms with Crippen LogP contribution in [0.3, 0.4) is 0 Å². The van der Waals surface area contributed by atoms with Gasteiger partial charge < -0.3 is 25.5 Å². The molecule has 5 N–H and O–H groups in total. The summed E-state index contributed by atoms with van der Waals surface area (Å²) in [6.07, 6.45) is -0.129. The van der Waals surface area contributed by atoms with Gasteiger partial charge in [0, 0.05) is 30.4 Å². The zero-order valence-electron chi connectivity index (χ0n) is 16.4. The summed E-state index contributed by atoms with van der Waals surface area (Å²) >= 11 is 0. The molecule has 0 bridgehead atoms. The van der Waals surface area contributed by atoms with Crippen LogP contribution in [-0.4, -0.2) is 42.0 Å². The van der Waals surface area contributed by atoms with Crippen LogP contribution in [-0.2, 0) is 11.3 Å². The van der Waals surface area contributed by atoms with E-state index in [2.05, 4.69) is 24.1 Å². The lowest BCUT2D eigenvalue weighted by molar-refractivity contribution is 0.0347. The Balaban J connectivity index is 1.89. The number of fused-ring (bicyclic) bond motifs is 2. The van der Waals surface area contributed by atoms with Crippen molar-refractivity contribution in [3.63, 3.8) is 0 Å². The lowest BCUT2D eigenvalue weighted by atomic mass is 9.95. The molecule has 3 unspecified atom stereocenters. The minimum Gasteiger partial charge on any atom is -0.396 e. The molecule has 2 aromatic carbocycles. The van der Waals surface area contributed by atoms with Gasteiger partial charge in [0.25, 0.3) is 0 Å². The minimum atomic E-state index is -0.661. The molecule has 2 heterocycles. The molecular formula is C22H28N4O2. The number of benzene rings is 2. The Morgan fingerprint density at radius 2 is 1.82 bits per heavy atom. The van der Waals surface area contributed by atoms with Crippen LogP contribution < -0.4 is 16.5 Å². The summed E-state index contributed by atoms with van der Waals surface area (Å²) in [7, 11) is 2.06. The van der Waals surface area contributed by atoms with Gasteiger partial charge in [-0.25, -0.2) is 5.84 Å². The molecule has 3 atom stereocenters. The van der Waals surface area contributed by atoms with E-state index >= 15 is 0 Å². The van der Waals surface area contributed by atoms with Gasteiger partial charge in [0.05, 0.1) is 30.1 Å². The zero-order chi connectivity index (χ0) is 19.8. The van der Waals surface area contributed by atoms with Gasteiger partial charge >= 0.3 is 0 Å². The number of aliphatic hydroxyl groups excluding tert-OH is 1. The van der Waals surface area contributed by atoms with Crippen LogP contribution in [0.1, 0.15) is 30.0 Å². The highest BCUT2D eigenvalue weighted by Crippen LogP contribution is 2.37. The Labute approximate surface area is 166 Å². The van der Waals surface area contributed by atoms with Crippen LogP contribution in [0.4, 0.5) is 5.69 Å². The topological polar surface area (TPSA) is 88.0 Å². The number of hydrogen-bond acceptors (Lipinski definition) is 6. The van der Waals surface area contributed by atoms with E-state index in [9.17, 15) is 5.11 Å². The largest absolute Gasteiger partial charge is 0.396 e. The summed E-state index contributed by atoms with van der Waals surface area (Å²) in [6, 6.07) is 15.9. The van der Waals surface area contributed by atoms with E-state index in [0.29, 0.717) is 12.3 Å². The first-order chi connectivity index (χ1) is 13.5. The summed E-state index contributed by atoms with van der Waals surface area (Å²) in [4.78, 5) is 2.19. The highest BCUT2D eigenvalue weighted by molar-refractivity contribution is 5.93. The number of nitrogens with zero attached hydrogens (tertiary/aromatic N) is 2. The van der Waals surface area contributed by atoms with Crippen molar-refractivity contribution in [1.82, 2.24) is 5.01 Å². The second kappa shape index (κ2) is 7.47. The van der Waals surface area contributed by atoms with E-state index in [4.69, 9.17) is 16.3 Å². The Bertz CT molecular complexity index is 898. The smallest absolute Gasteiger partial charge is 0.104 e. The van der Waals surface area contributed by atoms with Crippen molar-refractivity contribution in [3.8, 4) is 0 Å². The van der Waals surface area contributed by atoms with Crippen molar-refractivity contribution >= 4 is 17.1 Å². The van der Waals surface area contributed by atoms with E-state index < -0.39 is 6.10 Å². The molecule has 4 rings (SSSR count). The molecule has 1 fully saturated rings. The van der Waals surface area contributed by atoms with Gasteiger partial charge in [-0.1, -0.05) is 49.4 Å². The molecule has 2 aliphatic heterocycles. The van der Waals surface area contributed by atoms with Crippen molar-refractivity contribution in [3.05, 3.63) is 65.2 Å². The number of rotatable bonds is 3. The maximum atomic E-state index is 10.7. The summed E-state index contributed by atoms with van der Waals surface area (Å²) in [5.74, 6) is 6.62. The number of hydrogen-bond donors (Lipinski definition) is 3. The summed E-state index contributed by atoms with van der Waals surface area (Å²) in [6.45, 7) is 3.11. The molecule has 6 nitrogen and oxygen atoms in total. The molecule has 0 aliphatic carbocycles. The predicted octanol–water partition coefficient (Wildman–Crippen LogP) is 2.13. The van der Waals surface area contributed by atoms with Crippen LogP contribution in [0.2, 0.25) is 0 Å². The van der Waals surface area contributed by atoms with Gasteiger partial charge in [0.2, 0.25) is 0 Å². The van der Waals surface area contributed by atoms with E-state index in [1.165, 1.54) is 0 Å². The molecule has 0 saturated carbocycles. The molecule has 0 aromatic heterocycles. The predicted molar refractivity (Wildman–Crippen MR) is 112 cm³/mol. The SMILES string of the molecule is CCC1OCC(N(N)/C2=C(\N)c3ccccc3N(C)Cc3ccccc32)C1O. The Kier molecular flexibility index (Phi) is 5.02. The number of anilines is 1. The van der Waals surface area contributed by atoms with Crippen LogP contribution in [0.5, 0.6) is 0 Å². The van der Waals surface area contributed by atoms with Gasteiger partial charge in [0.1, 0.15) is 6.10 Å². The van der Waals surface area contributed by atoms with Gasteiger partial charge in [-0.3, -0.25) is 0 Å². The standard InChI is InChI=1S/C22H28N4O2/c1-3-19-22(27)18(13-28-19)26(24)21-15-9-5-4-8-14(15)12-25(2)17-11-7-6-10-16(17)20(21)23/h4-11,18-19,22,27H,3,12-13,23-24H2,1-2H3/b21-20-. The van der Waals surface area contributed by atoms with Crippen LogP contribution >= 0.6 is 0 Å². The van der Waals surface area contributed by atoms with Gasteiger partial charge in [0.15, 0.2) is 0 Å². The molecule has 6 heteroatoms. The van der Waals surface area contributed by atoms with E-state index in [0.717, 1.165) is 41.0 Å². The molecule has 1 saturated heterocycles. The molecule has 0 amide bonds. The van der Waals surface area contributed by atoms with Crippen molar-refractivity contribution in [2.45, 2.75) is 38.1 Å². The number of aliphatic hydroxyl groups is 1. The average molecular weight is 380 g/mol. The normalized spacial score (nSPS) is 27.0. The van der Waals surface area contributed by atoms with Gasteiger partial charge in [-0.2, -0.15) is 0 Å². The zero-order valence-corrected chi connectivity index (χ0v) is 16.4. The fourth-order valence-electron chi connectivity index (χ4n) is 4.25. The number of ether oxygens (including phenoxy) is 1. The fraction of sp³-hybridized carbons (Fsp3) is 0.364. The molecule has 0 radical (unpaired) electrons. The summed E-state index contributed by atoms with van der Waals surface area (Å²) in [5, 5.41) is 12.4. The third-order valence-electron chi connectivity index (χ3n) is 5.81. The summed E-state index contributed by atoms with van der Waals surface area (Å²) in [5.41, 5.74) is 12.2. The first kappa shape index (κ1) is 18.8. The summed E-state index contributed by atoms with van der Waals surface area (Å²) < 4.78 is 5.76. The van der Waals surface area contributed by atoms with Crippen LogP contribution in [0.25, 0.3) is 11.4 Å². The number of hydrazine groups is 1. The number of nitrogens with two attached hydrogens (primary N) is 2. The monoisotopic (exact) mass is 380 g/mol. The van der Waals surface area contributed by atoms with E-state index in [1.807, 2.05) is 43.3 Å². The van der Waals surface area contributed by atoms with Gasteiger partial charge in [-0.15, -0.1) is 0 Å². The average Bonchev–Trinajstić information content (AvgIpc) is 3.08. The first-order valence-corrected chi connectivity index (χ1v) is 9.75. The van der Waals surface area contributed by atoms with E-state index in [1.54, 1.807) is 5.01 Å². The third kappa shape index (κ3) is 3.03. The van der Waals surface area contributed by atoms with Crippen molar-refractivity contribution in [2.24, 2.45) is 11.6 Å². The van der Waals surface area contributed by atoms with Crippen LogP contribution in [0.15, 0.2) is 48.5 Å². The maximum Gasteiger partial charge on any atom is 0.104 e. The molecule has 2 aromatic rings. The highest BCUT2D eigenvalue weighted by Gasteiger charge is 2.39. The third-order valence-corrected chi connectivity index (χ3v) is 5.81. The lowest BCUT2D eigenvalue weighted by Gasteiger charge is -2.35. The quantitative estimate of drug-likeness (QED) is 0.559. The van der Waals surface area contributed by atoms with Crippen molar-refractivity contribution in [1.29, 1.82) is 0 Å². The second-order valence-corrected chi connectivity index (χ2v) is 7.54. The lowest BCUT2D eigenvalue weighted by Crippen LogP contribution is -2.48. The molecule has 0 spiro atoms. The second-order valence-electron chi connectivity index (χ2n) is 7.54. The maximum absolute atomic E-state index is 10.7. The van der Waals surface area contributed by atoms with Crippen LogP contribution in [0, 0.1) is 0 Å². The first-order valence-electron chi connectivity index (χ1n) is 9.75. The highest BCUT2D eigenvalue weighted by atomic mass is 16.5. The Morgan fingerprint density at radius 3 is 2.54 bits per heavy atom. The molecular weight excluding hydrogens is 352 g/mol. The molecule has 2 aliphatic rings. The Morgan fingerprint density at radius 1 is 1.14 bits per heavy atom. The molecule has 28 heavy (non-hydrogen) atoms. The van der Waals surface area contributed by atoms with Gasteiger partial charge in [-0.05, 0) is 18.1 Å². The Hall–Kier alpha value is -2.54. The number of para-hydroxylation sites is 1. The molecule has 148 valence electrons. The fourth-order valence-corrected chi connectivity index (χ4v) is 4.25. The van der Waals surface area contributed by atoms with E-state index in [-0.39, 0.29) is 12.1 Å². The minimum absolute atomic E-state index is 0.208. The van der Waals surface area contributed by atoms with Crippen molar-refractivity contribution in [2.75, 3.05) is 18.6 Å². The van der Waals surface area contributed by atoms with Crippen molar-refractivity contribution < 1.29 is 9.84 Å².